The minimum Gasteiger partial charge on any atom is -0.481 e. The summed E-state index contributed by atoms with van der Waals surface area (Å²) in [5.41, 5.74) is 2.61. The highest BCUT2D eigenvalue weighted by Crippen LogP contribution is 2.51. The second kappa shape index (κ2) is 9.17. The number of rotatable bonds is 7. The van der Waals surface area contributed by atoms with Crippen molar-refractivity contribution in [2.45, 2.75) is 84.0 Å². The number of aryl methyl sites for hydroxylation is 1. The number of carboxylic acids is 1. The van der Waals surface area contributed by atoms with Gasteiger partial charge in [-0.3, -0.25) is 9.59 Å². The van der Waals surface area contributed by atoms with Crippen molar-refractivity contribution < 1.29 is 23.5 Å². The molecule has 4 rings (SSSR count). The van der Waals surface area contributed by atoms with E-state index in [-0.39, 0.29) is 54.9 Å². The number of carbonyl (C=O) groups excluding carboxylic acids is 1. The van der Waals surface area contributed by atoms with Crippen LogP contribution in [0, 0.1) is 23.2 Å². The molecular weight excluding hydrogens is 472 g/mol. The Bertz CT molecular complexity index is 1030. The lowest BCUT2D eigenvalue weighted by molar-refractivity contribution is -0.146. The molecule has 1 aromatic rings. The Morgan fingerprint density at radius 2 is 1.89 bits per heavy atom. The van der Waals surface area contributed by atoms with Crippen LogP contribution in [0.5, 0.6) is 0 Å². The van der Waals surface area contributed by atoms with E-state index < -0.39 is 17.3 Å². The maximum atomic E-state index is 13.4. The highest BCUT2D eigenvalue weighted by molar-refractivity contribution is 6.31. The van der Waals surface area contributed by atoms with Gasteiger partial charge in [-0.2, -0.15) is 0 Å². The molecule has 35 heavy (non-hydrogen) atoms. The summed E-state index contributed by atoms with van der Waals surface area (Å²) in [6.45, 7) is 8.90. The van der Waals surface area contributed by atoms with Crippen LogP contribution in [0.4, 0.5) is 8.78 Å². The Hall–Kier alpha value is -1.95. The van der Waals surface area contributed by atoms with Gasteiger partial charge in [0, 0.05) is 42.4 Å². The van der Waals surface area contributed by atoms with E-state index >= 15 is 0 Å². The Kier molecular flexibility index (Phi) is 6.84. The van der Waals surface area contributed by atoms with Gasteiger partial charge in [0.15, 0.2) is 0 Å². The summed E-state index contributed by atoms with van der Waals surface area (Å²) in [7, 11) is 0. The van der Waals surface area contributed by atoms with Crippen LogP contribution < -0.4 is 0 Å². The van der Waals surface area contributed by atoms with Gasteiger partial charge in [-0.25, -0.2) is 8.78 Å². The number of hydrogen-bond donors (Lipinski definition) is 1. The van der Waals surface area contributed by atoms with E-state index in [9.17, 15) is 23.5 Å². The van der Waals surface area contributed by atoms with E-state index in [0.717, 1.165) is 29.5 Å². The fourth-order valence-electron chi connectivity index (χ4n) is 5.74. The average Bonchev–Trinajstić information content (AvgIpc) is 2.66. The maximum Gasteiger partial charge on any atom is 0.306 e. The molecule has 0 unspecified atom stereocenters. The number of allylic oxidation sites excluding steroid dienone is 1. The van der Waals surface area contributed by atoms with Crippen LogP contribution in [-0.2, 0) is 21.4 Å². The van der Waals surface area contributed by atoms with Crippen LogP contribution in [0.15, 0.2) is 30.0 Å². The van der Waals surface area contributed by atoms with Gasteiger partial charge in [-0.05, 0) is 65.7 Å². The third-order valence-electron chi connectivity index (χ3n) is 8.15. The molecule has 0 saturated heterocycles. The molecule has 3 aliphatic rings. The molecule has 2 aliphatic carbocycles. The van der Waals surface area contributed by atoms with Crippen molar-refractivity contribution in [3.05, 3.63) is 46.1 Å². The Labute approximate surface area is 211 Å². The molecule has 0 aromatic heterocycles. The lowest BCUT2D eigenvalue weighted by atomic mass is 9.60. The molecule has 1 N–H and O–H groups in total. The minimum atomic E-state index is -2.63. The summed E-state index contributed by atoms with van der Waals surface area (Å²) in [6, 6.07) is 6.04. The number of nitrogens with zero attached hydrogens (tertiary/aromatic N) is 1. The van der Waals surface area contributed by atoms with Gasteiger partial charge in [-0.15, -0.1) is 0 Å². The highest BCUT2D eigenvalue weighted by Gasteiger charge is 2.50. The number of aliphatic carboxylic acids is 1. The third-order valence-corrected chi connectivity index (χ3v) is 8.50. The zero-order valence-electron chi connectivity index (χ0n) is 21.0. The molecule has 1 heterocycles. The lowest BCUT2D eigenvalue weighted by Crippen LogP contribution is -2.49. The Morgan fingerprint density at radius 3 is 2.43 bits per heavy atom. The topological polar surface area (TPSA) is 57.6 Å². The summed E-state index contributed by atoms with van der Waals surface area (Å²) in [5.74, 6) is -4.06. The van der Waals surface area contributed by atoms with Crippen LogP contribution >= 0.6 is 11.6 Å². The molecule has 2 fully saturated rings. The average molecular weight is 508 g/mol. The van der Waals surface area contributed by atoms with Crippen LogP contribution in [0.25, 0.3) is 0 Å². The number of amides is 1. The quantitative estimate of drug-likeness (QED) is 0.439. The first kappa shape index (κ1) is 26.1. The van der Waals surface area contributed by atoms with Crippen molar-refractivity contribution in [3.8, 4) is 0 Å². The van der Waals surface area contributed by atoms with Crippen LogP contribution in [-0.4, -0.2) is 34.4 Å². The number of hydrogen-bond acceptors (Lipinski definition) is 2. The molecule has 192 valence electrons. The van der Waals surface area contributed by atoms with Crippen molar-refractivity contribution in [1.29, 1.82) is 0 Å². The molecule has 1 aromatic carbocycles. The molecule has 1 aliphatic heterocycles. The molecular formula is C28H36ClF2NO3. The first-order valence-electron chi connectivity index (χ1n) is 12.6. The van der Waals surface area contributed by atoms with Crippen LogP contribution in [0.3, 0.4) is 0 Å². The van der Waals surface area contributed by atoms with E-state index in [0.29, 0.717) is 17.9 Å². The van der Waals surface area contributed by atoms with Gasteiger partial charge in [0.25, 0.3) is 0 Å². The third kappa shape index (κ3) is 5.58. The summed E-state index contributed by atoms with van der Waals surface area (Å²) in [6.07, 6.45) is 4.60. The summed E-state index contributed by atoms with van der Waals surface area (Å²) < 4.78 is 26.7. The Balaban J connectivity index is 1.61. The molecule has 4 nitrogen and oxygen atoms in total. The van der Waals surface area contributed by atoms with Gasteiger partial charge in [0.1, 0.15) is 0 Å². The van der Waals surface area contributed by atoms with E-state index in [1.165, 1.54) is 0 Å². The Morgan fingerprint density at radius 1 is 1.23 bits per heavy atom. The SMILES string of the molecule is CC(C)(C)CCc1ccc([C@]2(C)CC(=O)N(CC3CC(F)(F)C3)C=C2C2CC(C(=O)O)C2)cc1Cl. The van der Waals surface area contributed by atoms with Gasteiger partial charge in [-0.1, -0.05) is 51.4 Å². The summed E-state index contributed by atoms with van der Waals surface area (Å²) >= 11 is 6.70. The predicted octanol–water partition coefficient (Wildman–Crippen LogP) is 6.85. The van der Waals surface area contributed by atoms with E-state index in [2.05, 4.69) is 20.8 Å². The number of alkyl halides is 2. The molecule has 0 bridgehead atoms. The second-order valence-corrected chi connectivity index (χ2v) is 12.7. The predicted molar refractivity (Wildman–Crippen MR) is 133 cm³/mol. The van der Waals surface area contributed by atoms with Crippen molar-refractivity contribution in [1.82, 2.24) is 4.90 Å². The number of carbonyl (C=O) groups is 2. The van der Waals surface area contributed by atoms with Crippen molar-refractivity contribution >= 4 is 23.5 Å². The first-order chi connectivity index (χ1) is 16.2. The molecule has 0 radical (unpaired) electrons. The molecule has 1 atom stereocenters. The van der Waals surface area contributed by atoms with Crippen molar-refractivity contribution in [2.75, 3.05) is 6.54 Å². The molecule has 0 spiro atoms. The monoisotopic (exact) mass is 507 g/mol. The van der Waals surface area contributed by atoms with Crippen LogP contribution in [0.2, 0.25) is 5.02 Å². The van der Waals surface area contributed by atoms with E-state index in [4.69, 9.17) is 11.6 Å². The van der Waals surface area contributed by atoms with Crippen molar-refractivity contribution in [2.24, 2.45) is 23.2 Å². The molecule has 2 saturated carbocycles. The number of halogens is 3. The number of benzene rings is 1. The van der Waals surface area contributed by atoms with Gasteiger partial charge in [0.05, 0.1) is 5.92 Å². The smallest absolute Gasteiger partial charge is 0.306 e. The minimum absolute atomic E-state index is 0.0406. The van der Waals surface area contributed by atoms with Gasteiger partial charge < -0.3 is 10.0 Å². The summed E-state index contributed by atoms with van der Waals surface area (Å²) in [4.78, 5) is 26.3. The lowest BCUT2D eigenvalue weighted by Gasteiger charge is -2.47. The largest absolute Gasteiger partial charge is 0.481 e. The van der Waals surface area contributed by atoms with Crippen molar-refractivity contribution in [3.63, 3.8) is 0 Å². The fraction of sp³-hybridized carbons (Fsp3) is 0.643. The molecule has 7 heteroatoms. The zero-order valence-corrected chi connectivity index (χ0v) is 21.8. The normalized spacial score (nSPS) is 28.8. The standard InChI is InChI=1S/C28H36ClF2NO3/c1-26(2,3)8-7-18-5-6-21(11-23(18)29)27(4)14-24(33)32(15-17-12-28(30,31)13-17)16-22(27)19-9-20(10-19)25(34)35/h5-6,11,16-17,19-20H,7-10,12-15H2,1-4H3,(H,34,35)/t19?,20?,27-/m0/s1. The van der Waals surface area contributed by atoms with E-state index in [1.807, 2.05) is 31.3 Å². The van der Waals surface area contributed by atoms with Gasteiger partial charge in [0.2, 0.25) is 11.8 Å². The second-order valence-electron chi connectivity index (χ2n) is 12.3. The van der Waals surface area contributed by atoms with Gasteiger partial charge >= 0.3 is 5.97 Å². The molecule has 1 amide bonds. The first-order valence-corrected chi connectivity index (χ1v) is 13.0. The summed E-state index contributed by atoms with van der Waals surface area (Å²) in [5, 5.41) is 10.1. The fourth-order valence-corrected chi connectivity index (χ4v) is 6.01. The zero-order chi connectivity index (χ0) is 25.8. The van der Waals surface area contributed by atoms with E-state index in [1.54, 1.807) is 4.90 Å². The maximum absolute atomic E-state index is 13.4. The van der Waals surface area contributed by atoms with Crippen LogP contribution in [0.1, 0.15) is 77.3 Å². The number of carboxylic acid groups (broad SMARTS) is 1. The highest BCUT2D eigenvalue weighted by atomic mass is 35.5.